The van der Waals surface area contributed by atoms with Crippen molar-refractivity contribution in [1.82, 2.24) is 4.90 Å². The molecule has 3 nitrogen and oxygen atoms in total. The zero-order valence-electron chi connectivity index (χ0n) is 9.04. The molecule has 2 aliphatic heterocycles. The molecular weight excluding hydrogens is 200 g/mol. The molecule has 2 fully saturated rings. The van der Waals surface area contributed by atoms with Gasteiger partial charge in [0.25, 0.3) is 0 Å². The van der Waals surface area contributed by atoms with E-state index in [1.807, 2.05) is 18.2 Å². The van der Waals surface area contributed by atoms with Crippen molar-refractivity contribution in [3.63, 3.8) is 0 Å². The maximum atomic E-state index is 9.13. The molecule has 16 heavy (non-hydrogen) atoms. The fraction of sp³-hybridized carbons (Fsp3) is 0.462. The molecule has 1 aromatic rings. The second kappa shape index (κ2) is 3.89. The van der Waals surface area contributed by atoms with Crippen molar-refractivity contribution in [1.29, 1.82) is 5.26 Å². The first-order valence-electron chi connectivity index (χ1n) is 5.74. The molecule has 82 valence electrons. The molecule has 0 spiro atoms. The van der Waals surface area contributed by atoms with E-state index >= 15 is 0 Å². The molecule has 2 saturated heterocycles. The zero-order valence-corrected chi connectivity index (χ0v) is 9.04. The summed E-state index contributed by atoms with van der Waals surface area (Å²) in [6, 6.07) is 13.0. The van der Waals surface area contributed by atoms with Crippen molar-refractivity contribution in [3.05, 3.63) is 35.9 Å². The highest BCUT2D eigenvalue weighted by molar-refractivity contribution is 5.22. The SMILES string of the molecule is N#C[C@H]1CC[C@H]2OC[C@@H](c3ccccc3)N12. The zero-order chi connectivity index (χ0) is 11.0. The Morgan fingerprint density at radius 2 is 2.06 bits per heavy atom. The number of nitriles is 1. The van der Waals surface area contributed by atoms with Gasteiger partial charge in [0.15, 0.2) is 0 Å². The smallest absolute Gasteiger partial charge is 0.112 e. The minimum Gasteiger partial charge on any atom is -0.361 e. The summed E-state index contributed by atoms with van der Waals surface area (Å²) in [5, 5.41) is 9.13. The Kier molecular flexibility index (Phi) is 2.39. The van der Waals surface area contributed by atoms with Gasteiger partial charge < -0.3 is 4.74 Å². The summed E-state index contributed by atoms with van der Waals surface area (Å²) in [5.74, 6) is 0. The van der Waals surface area contributed by atoms with Gasteiger partial charge in [-0.2, -0.15) is 5.26 Å². The van der Waals surface area contributed by atoms with E-state index in [0.29, 0.717) is 6.61 Å². The number of rotatable bonds is 1. The minimum absolute atomic E-state index is 0.0257. The molecule has 3 atom stereocenters. The predicted molar refractivity (Wildman–Crippen MR) is 59.4 cm³/mol. The summed E-state index contributed by atoms with van der Waals surface area (Å²) in [7, 11) is 0. The van der Waals surface area contributed by atoms with E-state index in [4.69, 9.17) is 10.00 Å². The van der Waals surface area contributed by atoms with Crippen LogP contribution in [0.3, 0.4) is 0 Å². The van der Waals surface area contributed by atoms with E-state index in [2.05, 4.69) is 23.1 Å². The van der Waals surface area contributed by atoms with Gasteiger partial charge >= 0.3 is 0 Å². The van der Waals surface area contributed by atoms with E-state index in [0.717, 1.165) is 12.8 Å². The molecule has 0 N–H and O–H groups in total. The van der Waals surface area contributed by atoms with Gasteiger partial charge in [-0.15, -0.1) is 0 Å². The Morgan fingerprint density at radius 1 is 1.25 bits per heavy atom. The van der Waals surface area contributed by atoms with Crippen molar-refractivity contribution in [2.24, 2.45) is 0 Å². The van der Waals surface area contributed by atoms with Crippen LogP contribution >= 0.6 is 0 Å². The molecule has 0 radical (unpaired) electrons. The average Bonchev–Trinajstić information content (AvgIpc) is 2.90. The Labute approximate surface area is 95.2 Å². The molecule has 2 heterocycles. The summed E-state index contributed by atoms with van der Waals surface area (Å²) in [6.45, 7) is 0.715. The van der Waals surface area contributed by atoms with Crippen molar-refractivity contribution in [2.75, 3.05) is 6.61 Å². The molecule has 0 aromatic heterocycles. The lowest BCUT2D eigenvalue weighted by molar-refractivity contribution is 0.0526. The number of benzene rings is 1. The molecular formula is C13H14N2O. The summed E-state index contributed by atoms with van der Waals surface area (Å²) < 4.78 is 5.75. The van der Waals surface area contributed by atoms with Gasteiger partial charge in [-0.25, -0.2) is 0 Å². The lowest BCUT2D eigenvalue weighted by Gasteiger charge is -2.24. The van der Waals surface area contributed by atoms with Gasteiger partial charge in [0.2, 0.25) is 0 Å². The Bertz CT molecular complexity index is 412. The molecule has 3 rings (SSSR count). The Hall–Kier alpha value is -1.37. The fourth-order valence-corrected chi connectivity index (χ4v) is 2.75. The second-order valence-electron chi connectivity index (χ2n) is 4.38. The minimum atomic E-state index is 0.0257. The number of nitrogens with zero attached hydrogens (tertiary/aromatic N) is 2. The van der Waals surface area contributed by atoms with E-state index in [1.165, 1.54) is 5.56 Å². The van der Waals surface area contributed by atoms with Crippen LogP contribution in [0.4, 0.5) is 0 Å². The lowest BCUT2D eigenvalue weighted by atomic mass is 10.1. The second-order valence-corrected chi connectivity index (χ2v) is 4.38. The van der Waals surface area contributed by atoms with Crippen LogP contribution in [0.1, 0.15) is 24.4 Å². The summed E-state index contributed by atoms with van der Waals surface area (Å²) in [6.07, 6.45) is 2.08. The lowest BCUT2D eigenvalue weighted by Crippen LogP contribution is -2.33. The largest absolute Gasteiger partial charge is 0.361 e. The highest BCUT2D eigenvalue weighted by Crippen LogP contribution is 2.39. The van der Waals surface area contributed by atoms with E-state index in [9.17, 15) is 0 Å². The number of hydrogen-bond donors (Lipinski definition) is 0. The number of ether oxygens (including phenoxy) is 1. The van der Waals surface area contributed by atoms with Crippen LogP contribution in [0.15, 0.2) is 30.3 Å². The van der Waals surface area contributed by atoms with Crippen molar-refractivity contribution >= 4 is 0 Å². The van der Waals surface area contributed by atoms with Gasteiger partial charge in [-0.1, -0.05) is 30.3 Å². The molecule has 1 aromatic carbocycles. The van der Waals surface area contributed by atoms with Crippen molar-refractivity contribution in [3.8, 4) is 6.07 Å². The number of hydrogen-bond acceptors (Lipinski definition) is 3. The molecule has 0 aliphatic carbocycles. The highest BCUT2D eigenvalue weighted by atomic mass is 16.5. The quantitative estimate of drug-likeness (QED) is 0.718. The third-order valence-electron chi connectivity index (χ3n) is 3.52. The van der Waals surface area contributed by atoms with Gasteiger partial charge in [-0.3, -0.25) is 4.90 Å². The predicted octanol–water partition coefficient (Wildman–Crippen LogP) is 2.07. The summed E-state index contributed by atoms with van der Waals surface area (Å²) in [4.78, 5) is 2.23. The first kappa shape index (κ1) is 9.83. The Balaban J connectivity index is 1.90. The monoisotopic (exact) mass is 214 g/mol. The average molecular weight is 214 g/mol. The van der Waals surface area contributed by atoms with Crippen LogP contribution in [0, 0.1) is 11.3 Å². The molecule has 0 amide bonds. The van der Waals surface area contributed by atoms with Gasteiger partial charge in [0, 0.05) is 0 Å². The molecule has 0 saturated carbocycles. The van der Waals surface area contributed by atoms with E-state index in [1.54, 1.807) is 0 Å². The van der Waals surface area contributed by atoms with Crippen LogP contribution in [0.2, 0.25) is 0 Å². The molecule has 0 unspecified atom stereocenters. The summed E-state index contributed by atoms with van der Waals surface area (Å²) >= 11 is 0. The first-order valence-corrected chi connectivity index (χ1v) is 5.74. The van der Waals surface area contributed by atoms with Gasteiger partial charge in [0.1, 0.15) is 12.3 Å². The van der Waals surface area contributed by atoms with Crippen LogP contribution in [0.25, 0.3) is 0 Å². The maximum absolute atomic E-state index is 9.13. The van der Waals surface area contributed by atoms with Crippen molar-refractivity contribution < 1.29 is 4.74 Å². The summed E-state index contributed by atoms with van der Waals surface area (Å²) in [5.41, 5.74) is 1.26. The normalized spacial score (nSPS) is 33.6. The topological polar surface area (TPSA) is 36.3 Å². The molecule has 2 aliphatic rings. The third-order valence-corrected chi connectivity index (χ3v) is 3.52. The van der Waals surface area contributed by atoms with Crippen LogP contribution in [-0.4, -0.2) is 23.8 Å². The first-order chi connectivity index (χ1) is 7.90. The standard InChI is InChI=1S/C13H14N2O/c14-8-11-6-7-13-15(11)12(9-16-13)10-4-2-1-3-5-10/h1-5,11-13H,6-7,9H2/t11-,12+,13-/m1/s1. The molecule has 3 heteroatoms. The number of fused-ring (bicyclic) bond motifs is 1. The van der Waals surface area contributed by atoms with Crippen molar-refractivity contribution in [2.45, 2.75) is 31.2 Å². The third kappa shape index (κ3) is 1.42. The highest BCUT2D eigenvalue weighted by Gasteiger charge is 2.44. The van der Waals surface area contributed by atoms with E-state index in [-0.39, 0.29) is 18.3 Å². The molecule has 0 bridgehead atoms. The Morgan fingerprint density at radius 3 is 2.81 bits per heavy atom. The van der Waals surface area contributed by atoms with Gasteiger partial charge in [-0.05, 0) is 18.4 Å². The van der Waals surface area contributed by atoms with Crippen LogP contribution < -0.4 is 0 Å². The maximum Gasteiger partial charge on any atom is 0.112 e. The van der Waals surface area contributed by atoms with Crippen LogP contribution in [-0.2, 0) is 4.74 Å². The van der Waals surface area contributed by atoms with E-state index < -0.39 is 0 Å². The van der Waals surface area contributed by atoms with Gasteiger partial charge in [0.05, 0.1) is 18.7 Å². The van der Waals surface area contributed by atoms with Crippen LogP contribution in [0.5, 0.6) is 0 Å². The fourth-order valence-electron chi connectivity index (χ4n) is 2.75.